The second kappa shape index (κ2) is 9.57. The van der Waals surface area contributed by atoms with Crippen LogP contribution in [-0.2, 0) is 0 Å². The molecule has 34 heavy (non-hydrogen) atoms. The van der Waals surface area contributed by atoms with Crippen LogP contribution >= 0.6 is 15.9 Å². The van der Waals surface area contributed by atoms with Crippen LogP contribution in [0.5, 0.6) is 0 Å². The number of para-hydroxylation sites is 1. The summed E-state index contributed by atoms with van der Waals surface area (Å²) in [6.45, 7) is 1.54. The molecule has 2 aromatic heterocycles. The van der Waals surface area contributed by atoms with Gasteiger partial charge in [0, 0.05) is 45.6 Å². The molecule has 0 saturated heterocycles. The summed E-state index contributed by atoms with van der Waals surface area (Å²) >= 11 is 3.56. The maximum atomic E-state index is 13.3. The van der Waals surface area contributed by atoms with E-state index >= 15 is 0 Å². The largest absolute Gasteiger partial charge is 0.360 e. The number of hydrogen-bond donors (Lipinski definition) is 2. The fourth-order valence-corrected chi connectivity index (χ4v) is 4.89. The third kappa shape index (κ3) is 4.69. The van der Waals surface area contributed by atoms with Crippen molar-refractivity contribution in [2.45, 2.75) is 6.42 Å². The van der Waals surface area contributed by atoms with Gasteiger partial charge in [0.25, 0.3) is 5.91 Å². The monoisotopic (exact) mass is 514 g/mol. The lowest BCUT2D eigenvalue weighted by Crippen LogP contribution is -2.27. The van der Waals surface area contributed by atoms with Crippen LogP contribution in [0.3, 0.4) is 0 Å². The highest BCUT2D eigenvalue weighted by atomic mass is 79.9. The van der Waals surface area contributed by atoms with Gasteiger partial charge in [-0.2, -0.15) is 0 Å². The number of carbonyl (C=O) groups is 1. The summed E-state index contributed by atoms with van der Waals surface area (Å²) in [5.74, 6) is 0.433. The Morgan fingerprint density at radius 1 is 1.18 bits per heavy atom. The van der Waals surface area contributed by atoms with Crippen LogP contribution in [-0.4, -0.2) is 48.0 Å². The van der Waals surface area contributed by atoms with E-state index in [2.05, 4.69) is 69.5 Å². The topological polar surface area (TPSA) is 61.0 Å². The second-order valence-electron chi connectivity index (χ2n) is 9.04. The summed E-state index contributed by atoms with van der Waals surface area (Å²) in [4.78, 5) is 23.7. The van der Waals surface area contributed by atoms with Crippen molar-refractivity contribution in [3.8, 4) is 11.3 Å². The number of aromatic amines is 1. The molecule has 4 aromatic rings. The molecule has 1 aliphatic carbocycles. The zero-order valence-corrected chi connectivity index (χ0v) is 20.9. The lowest BCUT2D eigenvalue weighted by Gasteiger charge is -2.20. The molecule has 0 fully saturated rings. The average molecular weight is 515 g/mol. The van der Waals surface area contributed by atoms with Crippen LogP contribution in [0.15, 0.2) is 83.0 Å². The van der Waals surface area contributed by atoms with Crippen LogP contribution in [0.4, 0.5) is 0 Å². The number of allylic oxidation sites excluding steroid dienone is 1. The molecule has 0 radical (unpaired) electrons. The number of rotatable bonds is 6. The molecule has 6 heteroatoms. The van der Waals surface area contributed by atoms with E-state index in [0.29, 0.717) is 18.0 Å². The Morgan fingerprint density at radius 3 is 2.82 bits per heavy atom. The minimum Gasteiger partial charge on any atom is -0.360 e. The van der Waals surface area contributed by atoms with Crippen molar-refractivity contribution in [2.24, 2.45) is 5.92 Å². The molecular formula is C28H27BrN4O. The lowest BCUT2D eigenvalue weighted by atomic mass is 9.96. The first kappa shape index (κ1) is 22.6. The van der Waals surface area contributed by atoms with E-state index in [0.717, 1.165) is 56.1 Å². The Hall–Kier alpha value is -3.22. The Morgan fingerprint density at radius 2 is 2.03 bits per heavy atom. The van der Waals surface area contributed by atoms with E-state index in [1.54, 1.807) is 0 Å². The SMILES string of the molecule is CN(C)CC1C=CC(CNC(=O)c2cc(-c3c[nH]c4ccc(Br)cc34)nc3ccccc23)=CC1. The molecule has 2 aromatic carbocycles. The maximum Gasteiger partial charge on any atom is 0.252 e. The molecule has 1 atom stereocenters. The predicted octanol–water partition coefficient (Wildman–Crippen LogP) is 5.94. The van der Waals surface area contributed by atoms with Gasteiger partial charge in [0.15, 0.2) is 0 Å². The number of benzene rings is 2. The highest BCUT2D eigenvalue weighted by molar-refractivity contribution is 9.10. The number of aromatic nitrogens is 2. The molecule has 0 saturated carbocycles. The molecule has 0 aliphatic heterocycles. The maximum absolute atomic E-state index is 13.3. The quantitative estimate of drug-likeness (QED) is 0.334. The van der Waals surface area contributed by atoms with Crippen molar-refractivity contribution in [1.29, 1.82) is 0 Å². The Bertz CT molecular complexity index is 1430. The highest BCUT2D eigenvalue weighted by Gasteiger charge is 2.17. The summed E-state index contributed by atoms with van der Waals surface area (Å²) < 4.78 is 1.00. The van der Waals surface area contributed by atoms with Crippen LogP contribution in [0, 0.1) is 5.92 Å². The third-order valence-electron chi connectivity index (χ3n) is 6.20. The van der Waals surface area contributed by atoms with Crippen molar-refractivity contribution < 1.29 is 4.79 Å². The van der Waals surface area contributed by atoms with Crippen molar-refractivity contribution in [3.05, 3.63) is 88.6 Å². The van der Waals surface area contributed by atoms with Gasteiger partial charge < -0.3 is 15.2 Å². The van der Waals surface area contributed by atoms with E-state index in [1.807, 2.05) is 48.7 Å². The van der Waals surface area contributed by atoms with E-state index in [9.17, 15) is 4.79 Å². The van der Waals surface area contributed by atoms with Gasteiger partial charge in [-0.15, -0.1) is 0 Å². The minimum atomic E-state index is -0.0920. The van der Waals surface area contributed by atoms with Crippen molar-refractivity contribution in [2.75, 3.05) is 27.2 Å². The van der Waals surface area contributed by atoms with Gasteiger partial charge in [-0.25, -0.2) is 4.98 Å². The van der Waals surface area contributed by atoms with Crippen molar-refractivity contribution in [1.82, 2.24) is 20.2 Å². The Kier molecular flexibility index (Phi) is 6.35. The summed E-state index contributed by atoms with van der Waals surface area (Å²) in [5, 5.41) is 5.04. The van der Waals surface area contributed by atoms with E-state index in [-0.39, 0.29) is 5.91 Å². The minimum absolute atomic E-state index is 0.0920. The molecule has 5 rings (SSSR count). The average Bonchev–Trinajstić information content (AvgIpc) is 3.25. The first-order chi connectivity index (χ1) is 16.5. The predicted molar refractivity (Wildman–Crippen MR) is 143 cm³/mol. The number of halogens is 1. The zero-order valence-electron chi connectivity index (χ0n) is 19.3. The number of carbonyl (C=O) groups excluding carboxylic acids is 1. The number of hydrogen-bond acceptors (Lipinski definition) is 3. The molecule has 1 amide bonds. The highest BCUT2D eigenvalue weighted by Crippen LogP contribution is 2.32. The summed E-state index contributed by atoms with van der Waals surface area (Å²) in [7, 11) is 4.19. The number of fused-ring (bicyclic) bond motifs is 2. The number of nitrogens with zero attached hydrogens (tertiary/aromatic N) is 2. The molecule has 172 valence electrons. The van der Waals surface area contributed by atoms with Crippen LogP contribution < -0.4 is 5.32 Å². The molecule has 0 bridgehead atoms. The molecule has 2 N–H and O–H groups in total. The standard InChI is InChI=1S/C28H27BrN4O/c1-33(2)17-19-9-7-18(8-10-19)15-31-28(34)23-14-27(32-26-6-4-3-5-21(23)26)24-16-30-25-12-11-20(29)13-22(24)25/h3-9,11-14,16,19,30H,10,15,17H2,1-2H3,(H,31,34). The first-order valence-electron chi connectivity index (χ1n) is 11.4. The van der Waals surface area contributed by atoms with Gasteiger partial charge in [0.2, 0.25) is 0 Å². The molecular weight excluding hydrogens is 488 g/mol. The van der Waals surface area contributed by atoms with Gasteiger partial charge in [-0.1, -0.05) is 52.4 Å². The lowest BCUT2D eigenvalue weighted by molar-refractivity contribution is 0.0959. The van der Waals surface area contributed by atoms with E-state index < -0.39 is 0 Å². The van der Waals surface area contributed by atoms with Gasteiger partial charge >= 0.3 is 0 Å². The molecule has 1 unspecified atom stereocenters. The number of H-pyrrole nitrogens is 1. The van der Waals surface area contributed by atoms with E-state index in [1.165, 1.54) is 0 Å². The van der Waals surface area contributed by atoms with E-state index in [4.69, 9.17) is 4.98 Å². The molecule has 2 heterocycles. The number of nitrogens with one attached hydrogen (secondary N) is 2. The van der Waals surface area contributed by atoms with Crippen molar-refractivity contribution >= 4 is 43.6 Å². The van der Waals surface area contributed by atoms with Crippen LogP contribution in [0.2, 0.25) is 0 Å². The number of amides is 1. The zero-order chi connectivity index (χ0) is 23.7. The fraction of sp³-hybridized carbons (Fsp3) is 0.214. The molecule has 1 aliphatic rings. The second-order valence-corrected chi connectivity index (χ2v) is 9.96. The van der Waals surface area contributed by atoms with Gasteiger partial charge in [0.05, 0.1) is 16.8 Å². The van der Waals surface area contributed by atoms with Gasteiger partial charge in [-0.05, 0) is 62.3 Å². The summed E-state index contributed by atoms with van der Waals surface area (Å²) in [5.41, 5.74) is 5.36. The molecule has 5 nitrogen and oxygen atoms in total. The first-order valence-corrected chi connectivity index (χ1v) is 12.2. The van der Waals surface area contributed by atoms with Crippen LogP contribution in [0.25, 0.3) is 33.1 Å². The Labute approximate surface area is 207 Å². The smallest absolute Gasteiger partial charge is 0.252 e. The number of pyridine rings is 1. The summed E-state index contributed by atoms with van der Waals surface area (Å²) in [6, 6.07) is 15.8. The van der Waals surface area contributed by atoms with Gasteiger partial charge in [-0.3, -0.25) is 4.79 Å². The fourth-order valence-electron chi connectivity index (χ4n) is 4.53. The Balaban J connectivity index is 1.43. The normalized spacial score (nSPS) is 15.8. The summed E-state index contributed by atoms with van der Waals surface area (Å²) in [6.07, 6.45) is 9.57. The third-order valence-corrected chi connectivity index (χ3v) is 6.69. The van der Waals surface area contributed by atoms with Crippen molar-refractivity contribution in [3.63, 3.8) is 0 Å². The van der Waals surface area contributed by atoms with Gasteiger partial charge in [0.1, 0.15) is 0 Å². The molecule has 0 spiro atoms. The van der Waals surface area contributed by atoms with Crippen LogP contribution in [0.1, 0.15) is 16.8 Å².